The summed E-state index contributed by atoms with van der Waals surface area (Å²) in [5, 5.41) is 3.58. The molecule has 3 heterocycles. The molecule has 0 saturated carbocycles. The number of nitrogens with one attached hydrogen (secondary N) is 2. The summed E-state index contributed by atoms with van der Waals surface area (Å²) < 4.78 is 0. The quantitative estimate of drug-likeness (QED) is 0.373. The number of hydrogen-bond acceptors (Lipinski definition) is 5. The first kappa shape index (κ1) is 21.0. The number of H-pyrrole nitrogens is 1. The fourth-order valence-corrected chi connectivity index (χ4v) is 4.98. The second kappa shape index (κ2) is 8.96. The van der Waals surface area contributed by atoms with Crippen LogP contribution in [0.4, 0.5) is 5.82 Å². The second-order valence-corrected chi connectivity index (χ2v) is 8.98. The van der Waals surface area contributed by atoms with E-state index in [4.69, 9.17) is 4.98 Å². The van der Waals surface area contributed by atoms with Crippen LogP contribution < -0.4 is 5.32 Å². The molecule has 1 aliphatic rings. The number of carbonyl (C=O) groups excluding carboxylic acids is 1. The lowest BCUT2D eigenvalue weighted by atomic mass is 9.93. The number of aromatic amines is 1. The largest absolute Gasteiger partial charge is 0.344 e. The lowest BCUT2D eigenvalue weighted by molar-refractivity contribution is -0.114. The van der Waals surface area contributed by atoms with Gasteiger partial charge in [0.25, 0.3) is 0 Å². The number of aromatic nitrogens is 4. The fourth-order valence-electron chi connectivity index (χ4n) is 3.94. The molecule has 3 aromatic heterocycles. The SMILES string of the molecule is CC(=O)Nc1cc(-c2nc(-c3cccc4c3C=CCCC(C)=C4)c(-c3ncc[nH]3)s2)ccn1. The minimum atomic E-state index is -0.159. The van der Waals surface area contributed by atoms with Gasteiger partial charge < -0.3 is 10.3 Å². The molecule has 0 radical (unpaired) electrons. The van der Waals surface area contributed by atoms with Gasteiger partial charge in [-0.05, 0) is 43.0 Å². The number of benzene rings is 1. The van der Waals surface area contributed by atoms with E-state index in [1.165, 1.54) is 18.1 Å². The zero-order chi connectivity index (χ0) is 22.8. The number of allylic oxidation sites excluding steroid dienone is 2. The van der Waals surface area contributed by atoms with Crippen molar-refractivity contribution in [3.63, 3.8) is 0 Å². The third kappa shape index (κ3) is 4.40. The Morgan fingerprint density at radius 3 is 2.91 bits per heavy atom. The molecule has 0 saturated heterocycles. The van der Waals surface area contributed by atoms with E-state index in [2.05, 4.69) is 63.6 Å². The number of nitrogens with zero attached hydrogens (tertiary/aromatic N) is 3. The maximum absolute atomic E-state index is 11.5. The summed E-state index contributed by atoms with van der Waals surface area (Å²) >= 11 is 1.57. The molecule has 0 atom stereocenters. The zero-order valence-electron chi connectivity index (χ0n) is 18.4. The molecule has 7 heteroatoms. The molecule has 1 aromatic carbocycles. The third-order valence-electron chi connectivity index (χ3n) is 5.44. The van der Waals surface area contributed by atoms with E-state index in [1.54, 1.807) is 23.7 Å². The van der Waals surface area contributed by atoms with E-state index in [0.717, 1.165) is 50.9 Å². The number of imidazole rings is 1. The summed E-state index contributed by atoms with van der Waals surface area (Å²) in [5.74, 6) is 1.13. The Hall–Kier alpha value is -3.84. The van der Waals surface area contributed by atoms with Gasteiger partial charge in [-0.3, -0.25) is 4.79 Å². The van der Waals surface area contributed by atoms with Crippen molar-refractivity contribution in [3.8, 4) is 32.5 Å². The van der Waals surface area contributed by atoms with Gasteiger partial charge >= 0.3 is 0 Å². The highest BCUT2D eigenvalue weighted by Gasteiger charge is 2.21. The predicted molar refractivity (Wildman–Crippen MR) is 135 cm³/mol. The molecule has 164 valence electrons. The van der Waals surface area contributed by atoms with Gasteiger partial charge in [0.15, 0.2) is 0 Å². The minimum absolute atomic E-state index is 0.159. The minimum Gasteiger partial charge on any atom is -0.344 e. The fraction of sp³-hybridized carbons (Fsp3) is 0.154. The smallest absolute Gasteiger partial charge is 0.222 e. The number of anilines is 1. The van der Waals surface area contributed by atoms with Crippen molar-refractivity contribution in [2.24, 2.45) is 0 Å². The predicted octanol–water partition coefficient (Wildman–Crippen LogP) is 6.43. The molecule has 0 aliphatic heterocycles. The number of pyridine rings is 1. The topological polar surface area (TPSA) is 83.6 Å². The van der Waals surface area contributed by atoms with Crippen LogP contribution in [0.15, 0.2) is 60.6 Å². The molecule has 0 unspecified atom stereocenters. The molecule has 0 fully saturated rings. The molecule has 1 amide bonds. The summed E-state index contributed by atoms with van der Waals surface area (Å²) in [6.45, 7) is 3.65. The first-order valence-corrected chi connectivity index (χ1v) is 11.6. The van der Waals surface area contributed by atoms with Crippen LogP contribution in [0.2, 0.25) is 0 Å². The number of rotatable bonds is 4. The van der Waals surface area contributed by atoms with Crippen LogP contribution in [-0.2, 0) is 4.79 Å². The van der Waals surface area contributed by atoms with Crippen LogP contribution >= 0.6 is 11.3 Å². The van der Waals surface area contributed by atoms with E-state index in [9.17, 15) is 4.79 Å². The van der Waals surface area contributed by atoms with Gasteiger partial charge in [0.2, 0.25) is 5.91 Å². The molecule has 0 spiro atoms. The van der Waals surface area contributed by atoms with Crippen LogP contribution in [-0.4, -0.2) is 25.8 Å². The normalized spacial score (nSPS) is 13.1. The average Bonchev–Trinajstić information content (AvgIpc) is 3.45. The summed E-state index contributed by atoms with van der Waals surface area (Å²) in [7, 11) is 0. The molecule has 1 aliphatic carbocycles. The Bertz CT molecular complexity index is 1380. The molecular formula is C26H23N5OS. The van der Waals surface area contributed by atoms with Crippen LogP contribution in [0.5, 0.6) is 0 Å². The molecule has 0 bridgehead atoms. The van der Waals surface area contributed by atoms with Crippen LogP contribution in [0.1, 0.15) is 37.8 Å². The molecule has 2 N–H and O–H groups in total. The Morgan fingerprint density at radius 1 is 1.18 bits per heavy atom. The maximum Gasteiger partial charge on any atom is 0.222 e. The van der Waals surface area contributed by atoms with Crippen molar-refractivity contribution >= 4 is 35.2 Å². The number of amides is 1. The van der Waals surface area contributed by atoms with Crippen LogP contribution in [0, 0.1) is 0 Å². The van der Waals surface area contributed by atoms with Crippen molar-refractivity contribution in [2.45, 2.75) is 26.7 Å². The van der Waals surface area contributed by atoms with Gasteiger partial charge in [0.05, 0.1) is 10.6 Å². The Balaban J connectivity index is 1.69. The number of thiazole rings is 1. The van der Waals surface area contributed by atoms with E-state index in [-0.39, 0.29) is 5.91 Å². The lowest BCUT2D eigenvalue weighted by Crippen LogP contribution is -2.07. The Kier molecular flexibility index (Phi) is 5.71. The Labute approximate surface area is 196 Å². The first-order chi connectivity index (χ1) is 16.1. The molecule has 4 aromatic rings. The highest BCUT2D eigenvalue weighted by molar-refractivity contribution is 7.18. The van der Waals surface area contributed by atoms with E-state index in [1.807, 2.05) is 18.3 Å². The average molecular weight is 454 g/mol. The van der Waals surface area contributed by atoms with Gasteiger partial charge in [-0.15, -0.1) is 11.3 Å². The van der Waals surface area contributed by atoms with Gasteiger partial charge in [-0.2, -0.15) is 0 Å². The first-order valence-electron chi connectivity index (χ1n) is 10.8. The maximum atomic E-state index is 11.5. The summed E-state index contributed by atoms with van der Waals surface area (Å²) in [5.41, 5.74) is 6.57. The van der Waals surface area contributed by atoms with Gasteiger partial charge in [0.1, 0.15) is 16.6 Å². The van der Waals surface area contributed by atoms with Crippen LogP contribution in [0.3, 0.4) is 0 Å². The molecular weight excluding hydrogens is 430 g/mol. The third-order valence-corrected chi connectivity index (χ3v) is 6.55. The van der Waals surface area contributed by atoms with Gasteiger partial charge in [0, 0.05) is 36.6 Å². The van der Waals surface area contributed by atoms with Gasteiger partial charge in [-0.25, -0.2) is 15.0 Å². The number of hydrogen-bond donors (Lipinski definition) is 2. The van der Waals surface area contributed by atoms with Crippen molar-refractivity contribution in [2.75, 3.05) is 5.32 Å². The molecule has 5 rings (SSSR count). The summed E-state index contributed by atoms with van der Waals surface area (Å²) in [6, 6.07) is 10.1. The Morgan fingerprint density at radius 2 is 2.09 bits per heavy atom. The van der Waals surface area contributed by atoms with Crippen LogP contribution in [0.25, 0.3) is 44.7 Å². The van der Waals surface area contributed by atoms with E-state index >= 15 is 0 Å². The highest BCUT2D eigenvalue weighted by atomic mass is 32.1. The van der Waals surface area contributed by atoms with Crippen molar-refractivity contribution < 1.29 is 4.79 Å². The van der Waals surface area contributed by atoms with Crippen molar-refractivity contribution in [1.29, 1.82) is 0 Å². The van der Waals surface area contributed by atoms with Crippen molar-refractivity contribution in [3.05, 3.63) is 71.7 Å². The summed E-state index contributed by atoms with van der Waals surface area (Å²) in [4.78, 5) is 29.5. The zero-order valence-corrected chi connectivity index (χ0v) is 19.2. The lowest BCUT2D eigenvalue weighted by Gasteiger charge is -2.12. The van der Waals surface area contributed by atoms with Crippen molar-refractivity contribution in [1.82, 2.24) is 19.9 Å². The van der Waals surface area contributed by atoms with Gasteiger partial charge in [-0.1, -0.05) is 42.0 Å². The monoisotopic (exact) mass is 453 g/mol. The standard InChI is InChI=1S/C26H23N5OS/c1-16-6-3-4-8-20-18(14-16)7-5-9-21(20)23-24(25-28-12-13-29-25)33-26(31-23)19-10-11-27-22(15-19)30-17(2)32/h4-5,7-15H,3,6H2,1-2H3,(H,28,29)(H,27,30,32). The van der Waals surface area contributed by atoms with E-state index < -0.39 is 0 Å². The summed E-state index contributed by atoms with van der Waals surface area (Å²) in [6.07, 6.45) is 14.1. The highest BCUT2D eigenvalue weighted by Crippen LogP contribution is 2.42. The number of fused-ring (bicyclic) bond motifs is 1. The molecule has 6 nitrogen and oxygen atoms in total. The number of carbonyl (C=O) groups is 1. The second-order valence-electron chi connectivity index (χ2n) is 7.99. The molecule has 33 heavy (non-hydrogen) atoms. The van der Waals surface area contributed by atoms with E-state index in [0.29, 0.717) is 5.82 Å².